The number of hydrogen-bond acceptors (Lipinski definition) is 4. The minimum atomic E-state index is 0.643. The minimum Gasteiger partial charge on any atom is -0.208 e. The van der Waals surface area contributed by atoms with Crippen LogP contribution in [0.3, 0.4) is 0 Å². The highest BCUT2D eigenvalue weighted by molar-refractivity contribution is 5.91. The van der Waals surface area contributed by atoms with E-state index in [1.54, 1.807) is 0 Å². The number of aromatic nitrogens is 3. The first-order valence-corrected chi connectivity index (χ1v) is 15.8. The third-order valence-corrected chi connectivity index (χ3v) is 8.56. The maximum atomic E-state index is 9.25. The molecular formula is C44H28N4. The van der Waals surface area contributed by atoms with E-state index in [2.05, 4.69) is 91.0 Å². The van der Waals surface area contributed by atoms with Gasteiger partial charge < -0.3 is 0 Å². The Morgan fingerprint density at radius 1 is 0.312 bits per heavy atom. The number of rotatable bonds is 6. The summed E-state index contributed by atoms with van der Waals surface area (Å²) in [5.41, 5.74) is 10.2. The summed E-state index contributed by atoms with van der Waals surface area (Å²) in [6, 6.07) is 60.1. The molecule has 0 bridgehead atoms. The molecule has 0 N–H and O–H groups in total. The number of fused-ring (bicyclic) bond motifs is 1. The van der Waals surface area contributed by atoms with Gasteiger partial charge in [0.05, 0.1) is 11.6 Å². The van der Waals surface area contributed by atoms with Crippen molar-refractivity contribution in [2.24, 2.45) is 0 Å². The van der Waals surface area contributed by atoms with Gasteiger partial charge in [-0.2, -0.15) is 5.26 Å². The van der Waals surface area contributed by atoms with Gasteiger partial charge in [0.25, 0.3) is 0 Å². The predicted molar refractivity (Wildman–Crippen MR) is 195 cm³/mol. The second-order valence-corrected chi connectivity index (χ2v) is 11.7. The summed E-state index contributed by atoms with van der Waals surface area (Å²) < 4.78 is 0. The first-order valence-electron chi connectivity index (χ1n) is 15.8. The number of nitrogens with zero attached hydrogens (tertiary/aromatic N) is 4. The number of hydrogen-bond donors (Lipinski definition) is 0. The molecule has 0 amide bonds. The molecule has 4 heteroatoms. The van der Waals surface area contributed by atoms with Gasteiger partial charge in [-0.3, -0.25) is 0 Å². The van der Waals surface area contributed by atoms with Crippen molar-refractivity contribution in [2.75, 3.05) is 0 Å². The van der Waals surface area contributed by atoms with Crippen molar-refractivity contribution in [2.45, 2.75) is 0 Å². The van der Waals surface area contributed by atoms with Crippen LogP contribution in [0.4, 0.5) is 0 Å². The topological polar surface area (TPSA) is 62.5 Å². The highest BCUT2D eigenvalue weighted by Crippen LogP contribution is 2.32. The van der Waals surface area contributed by atoms with Crippen molar-refractivity contribution in [3.63, 3.8) is 0 Å². The molecule has 7 aromatic carbocycles. The molecule has 1 heterocycles. The van der Waals surface area contributed by atoms with Crippen LogP contribution in [0, 0.1) is 11.3 Å². The third kappa shape index (κ3) is 5.85. The van der Waals surface area contributed by atoms with Gasteiger partial charge in [-0.25, -0.2) is 15.0 Å². The van der Waals surface area contributed by atoms with E-state index < -0.39 is 0 Å². The van der Waals surface area contributed by atoms with Crippen LogP contribution in [0.2, 0.25) is 0 Å². The van der Waals surface area contributed by atoms with Gasteiger partial charge in [-0.05, 0) is 68.4 Å². The van der Waals surface area contributed by atoms with Crippen LogP contribution in [0.25, 0.3) is 78.3 Å². The summed E-state index contributed by atoms with van der Waals surface area (Å²) >= 11 is 0. The Hall–Kier alpha value is -6.70. The fraction of sp³-hybridized carbons (Fsp3) is 0. The second-order valence-electron chi connectivity index (χ2n) is 11.7. The van der Waals surface area contributed by atoms with Crippen LogP contribution in [-0.2, 0) is 0 Å². The SMILES string of the molecule is N#Cc1cccc(-c2ccc(-c3ccc4cc(-c5ccc(-c6nc(-c7ccccc7)nc(-c7ccccc7)n6)cc5)ccc4c3)cc2)c1. The van der Waals surface area contributed by atoms with Crippen molar-refractivity contribution in [1.29, 1.82) is 5.26 Å². The van der Waals surface area contributed by atoms with Crippen LogP contribution in [0.15, 0.2) is 170 Å². The Morgan fingerprint density at radius 2 is 0.667 bits per heavy atom. The average Bonchev–Trinajstić information content (AvgIpc) is 3.18. The van der Waals surface area contributed by atoms with E-state index in [4.69, 9.17) is 15.0 Å². The average molecular weight is 613 g/mol. The van der Waals surface area contributed by atoms with E-state index in [9.17, 15) is 5.26 Å². The predicted octanol–water partition coefficient (Wildman–Crippen LogP) is 10.9. The van der Waals surface area contributed by atoms with Gasteiger partial charge in [0, 0.05) is 16.7 Å². The van der Waals surface area contributed by atoms with E-state index in [1.165, 1.54) is 16.3 Å². The van der Waals surface area contributed by atoms with E-state index in [-0.39, 0.29) is 0 Å². The molecule has 0 spiro atoms. The normalized spacial score (nSPS) is 10.9. The van der Waals surface area contributed by atoms with E-state index in [0.717, 1.165) is 44.5 Å². The highest BCUT2D eigenvalue weighted by Gasteiger charge is 2.12. The Balaban J connectivity index is 1.06. The maximum absolute atomic E-state index is 9.25. The zero-order valence-corrected chi connectivity index (χ0v) is 26.0. The summed E-state index contributed by atoms with van der Waals surface area (Å²) in [6.07, 6.45) is 0. The number of benzene rings is 7. The molecule has 8 aromatic rings. The quantitative estimate of drug-likeness (QED) is 0.187. The number of nitriles is 1. The van der Waals surface area contributed by atoms with Crippen molar-refractivity contribution >= 4 is 10.8 Å². The molecule has 0 atom stereocenters. The summed E-state index contributed by atoms with van der Waals surface area (Å²) in [5.74, 6) is 1.95. The van der Waals surface area contributed by atoms with Gasteiger partial charge in [0.15, 0.2) is 17.5 Å². The Labute approximate surface area is 279 Å². The molecule has 0 aliphatic carbocycles. The smallest absolute Gasteiger partial charge is 0.164 e. The van der Waals surface area contributed by atoms with Crippen LogP contribution in [0.5, 0.6) is 0 Å². The Morgan fingerprint density at radius 3 is 1.10 bits per heavy atom. The van der Waals surface area contributed by atoms with Crippen molar-refractivity contribution in [1.82, 2.24) is 15.0 Å². The molecular weight excluding hydrogens is 585 g/mol. The molecule has 0 fully saturated rings. The van der Waals surface area contributed by atoms with Crippen molar-refractivity contribution in [3.05, 3.63) is 175 Å². The molecule has 0 unspecified atom stereocenters. The molecule has 0 aliphatic heterocycles. The van der Waals surface area contributed by atoms with Crippen molar-refractivity contribution in [3.8, 4) is 73.6 Å². The maximum Gasteiger partial charge on any atom is 0.164 e. The summed E-state index contributed by atoms with van der Waals surface area (Å²) in [4.78, 5) is 14.5. The van der Waals surface area contributed by atoms with Gasteiger partial charge in [0.1, 0.15) is 0 Å². The largest absolute Gasteiger partial charge is 0.208 e. The van der Waals surface area contributed by atoms with Gasteiger partial charge in [-0.1, -0.05) is 146 Å². The van der Waals surface area contributed by atoms with Crippen LogP contribution >= 0.6 is 0 Å². The standard InChI is InChI=1S/C44H28N4/c45-29-30-8-7-13-37(26-30)31-14-16-32(17-15-31)38-22-24-41-28-39(23-25-40(41)27-38)33-18-20-36(21-19-33)44-47-42(34-9-3-1-4-10-34)46-43(48-44)35-11-5-2-6-12-35/h1-28H. The fourth-order valence-corrected chi connectivity index (χ4v) is 5.98. The monoisotopic (exact) mass is 612 g/mol. The minimum absolute atomic E-state index is 0.643. The van der Waals surface area contributed by atoms with Crippen LogP contribution < -0.4 is 0 Å². The Bertz CT molecular complexity index is 2370. The van der Waals surface area contributed by atoms with Crippen LogP contribution in [0.1, 0.15) is 5.56 Å². The van der Waals surface area contributed by atoms with Gasteiger partial charge >= 0.3 is 0 Å². The first-order chi connectivity index (χ1) is 23.7. The van der Waals surface area contributed by atoms with Crippen LogP contribution in [-0.4, -0.2) is 15.0 Å². The summed E-state index contributed by atoms with van der Waals surface area (Å²) in [7, 11) is 0. The third-order valence-electron chi connectivity index (χ3n) is 8.56. The lowest BCUT2D eigenvalue weighted by atomic mass is 9.96. The van der Waals surface area contributed by atoms with Crippen molar-refractivity contribution < 1.29 is 0 Å². The molecule has 8 rings (SSSR count). The zero-order valence-electron chi connectivity index (χ0n) is 26.0. The molecule has 0 saturated heterocycles. The molecule has 4 nitrogen and oxygen atoms in total. The second kappa shape index (κ2) is 12.6. The molecule has 0 saturated carbocycles. The fourth-order valence-electron chi connectivity index (χ4n) is 5.98. The van der Waals surface area contributed by atoms with Gasteiger partial charge in [-0.15, -0.1) is 0 Å². The first kappa shape index (κ1) is 28.8. The molecule has 48 heavy (non-hydrogen) atoms. The van der Waals surface area contributed by atoms with Gasteiger partial charge in [0.2, 0.25) is 0 Å². The molecule has 0 aliphatic rings. The van der Waals surface area contributed by atoms with E-state index >= 15 is 0 Å². The lowest BCUT2D eigenvalue weighted by molar-refractivity contribution is 1.07. The molecule has 224 valence electrons. The highest BCUT2D eigenvalue weighted by atomic mass is 15.0. The zero-order chi connectivity index (χ0) is 32.3. The van der Waals surface area contributed by atoms with E-state index in [1.807, 2.05) is 84.9 Å². The van der Waals surface area contributed by atoms with E-state index in [0.29, 0.717) is 23.0 Å². The summed E-state index contributed by atoms with van der Waals surface area (Å²) in [5, 5.41) is 11.6. The lowest BCUT2D eigenvalue weighted by Gasteiger charge is -2.10. The molecule has 1 aromatic heterocycles. The molecule has 0 radical (unpaired) electrons. The Kier molecular flexibility index (Phi) is 7.54. The lowest BCUT2D eigenvalue weighted by Crippen LogP contribution is -2.00. The summed E-state index contributed by atoms with van der Waals surface area (Å²) in [6.45, 7) is 0.